The number of likely N-dealkylation sites (N-methyl/N-ethyl adjacent to an activating group) is 1. The molecule has 0 aliphatic heterocycles. The minimum absolute atomic E-state index is 0.151. The maximum atomic E-state index is 13.4. The predicted molar refractivity (Wildman–Crippen MR) is 115 cm³/mol. The van der Waals surface area contributed by atoms with E-state index in [0.29, 0.717) is 28.4 Å². The molecule has 2 aromatic rings. The summed E-state index contributed by atoms with van der Waals surface area (Å²) in [6, 6.07) is 7.67. The van der Waals surface area contributed by atoms with Gasteiger partial charge in [0.05, 0.1) is 21.3 Å². The largest absolute Gasteiger partial charge is 0.493 e. The summed E-state index contributed by atoms with van der Waals surface area (Å²) in [6.07, 6.45) is -12.8. The maximum Gasteiger partial charge on any atom is 0.439 e. The Morgan fingerprint density at radius 1 is 0.943 bits per heavy atom. The van der Waals surface area contributed by atoms with Gasteiger partial charge in [0.15, 0.2) is 11.5 Å². The van der Waals surface area contributed by atoms with Gasteiger partial charge in [0.1, 0.15) is 5.75 Å². The van der Waals surface area contributed by atoms with E-state index in [4.69, 9.17) is 14.2 Å². The number of hydrogen-bond acceptors (Lipinski definition) is 5. The Labute approximate surface area is 197 Å². The van der Waals surface area contributed by atoms with Gasteiger partial charge in [-0.15, -0.1) is 0 Å². The first-order valence-electron chi connectivity index (χ1n) is 9.92. The standard InChI is InChI=1S/C23H23F6NO5/c1-30(13-15-8-11-17(32-2)20(34-4)19(15)33-3)18(31)12-7-14-5-9-16(10-6-14)35-23(28,29)21(24)22(25,26)27/h5-12,21H,13H2,1-4H3. The molecule has 0 aliphatic carbocycles. The molecule has 0 saturated carbocycles. The second-order valence-electron chi connectivity index (χ2n) is 7.16. The molecule has 0 N–H and O–H groups in total. The normalized spacial score (nSPS) is 12.9. The van der Waals surface area contributed by atoms with E-state index in [0.717, 1.165) is 12.1 Å². The van der Waals surface area contributed by atoms with Crippen LogP contribution in [0.15, 0.2) is 42.5 Å². The summed E-state index contributed by atoms with van der Waals surface area (Å²) in [6.45, 7) is 0.151. The first-order valence-corrected chi connectivity index (χ1v) is 9.92. The molecule has 0 aromatic heterocycles. The summed E-state index contributed by atoms with van der Waals surface area (Å²) in [7, 11) is 5.91. The molecule has 2 aromatic carbocycles. The second-order valence-corrected chi connectivity index (χ2v) is 7.16. The molecule has 12 heteroatoms. The summed E-state index contributed by atoms with van der Waals surface area (Å²) >= 11 is 0. The number of carbonyl (C=O) groups is 1. The fourth-order valence-electron chi connectivity index (χ4n) is 2.96. The molecule has 192 valence electrons. The van der Waals surface area contributed by atoms with E-state index < -0.39 is 30.1 Å². The molecular weight excluding hydrogens is 484 g/mol. The van der Waals surface area contributed by atoms with Crippen LogP contribution >= 0.6 is 0 Å². The number of benzene rings is 2. The average Bonchev–Trinajstić information content (AvgIpc) is 2.81. The summed E-state index contributed by atoms with van der Waals surface area (Å²) < 4.78 is 96.1. The summed E-state index contributed by atoms with van der Waals surface area (Å²) in [5.41, 5.74) is 1.00. The highest BCUT2D eigenvalue weighted by Gasteiger charge is 2.59. The van der Waals surface area contributed by atoms with Crippen molar-refractivity contribution in [2.75, 3.05) is 28.4 Å². The van der Waals surface area contributed by atoms with Crippen molar-refractivity contribution in [1.29, 1.82) is 0 Å². The molecular formula is C23H23F6NO5. The van der Waals surface area contributed by atoms with Crippen molar-refractivity contribution in [2.45, 2.75) is 25.0 Å². The van der Waals surface area contributed by atoms with Crippen molar-refractivity contribution < 1.29 is 50.1 Å². The predicted octanol–water partition coefficient (Wildman–Crippen LogP) is 5.26. The molecule has 1 unspecified atom stereocenters. The third-order valence-electron chi connectivity index (χ3n) is 4.70. The number of amides is 1. The maximum absolute atomic E-state index is 13.4. The molecule has 1 amide bonds. The van der Waals surface area contributed by atoms with Crippen molar-refractivity contribution in [3.63, 3.8) is 0 Å². The highest BCUT2D eigenvalue weighted by atomic mass is 19.4. The number of alkyl halides is 6. The minimum atomic E-state index is -5.78. The van der Waals surface area contributed by atoms with Crippen LogP contribution in [-0.2, 0) is 11.3 Å². The number of rotatable bonds is 10. The Hall–Kier alpha value is -3.57. The molecule has 0 aliphatic rings. The second kappa shape index (κ2) is 11.2. The van der Waals surface area contributed by atoms with Crippen LogP contribution in [0.2, 0.25) is 0 Å². The Bertz CT molecular complexity index is 1040. The summed E-state index contributed by atoms with van der Waals surface area (Å²) in [4.78, 5) is 13.9. The van der Waals surface area contributed by atoms with Gasteiger partial charge in [-0.3, -0.25) is 4.79 Å². The molecule has 2 rings (SSSR count). The summed E-state index contributed by atoms with van der Waals surface area (Å²) in [5.74, 6) is 0.116. The van der Waals surface area contributed by atoms with E-state index in [1.165, 1.54) is 57.6 Å². The van der Waals surface area contributed by atoms with E-state index in [1.807, 2.05) is 0 Å². The van der Waals surface area contributed by atoms with Gasteiger partial charge >= 0.3 is 12.3 Å². The number of halogens is 6. The highest BCUT2D eigenvalue weighted by molar-refractivity contribution is 5.91. The van der Waals surface area contributed by atoms with Crippen LogP contribution in [-0.4, -0.2) is 57.6 Å². The van der Waals surface area contributed by atoms with E-state index in [9.17, 15) is 31.1 Å². The van der Waals surface area contributed by atoms with E-state index in [-0.39, 0.29) is 6.54 Å². The highest BCUT2D eigenvalue weighted by Crippen LogP contribution is 2.40. The fourth-order valence-corrected chi connectivity index (χ4v) is 2.96. The van der Waals surface area contributed by atoms with Gasteiger partial charge in [-0.05, 0) is 35.9 Å². The molecule has 35 heavy (non-hydrogen) atoms. The van der Waals surface area contributed by atoms with Gasteiger partial charge in [-0.25, -0.2) is 4.39 Å². The zero-order valence-corrected chi connectivity index (χ0v) is 19.2. The number of nitrogens with zero attached hydrogens (tertiary/aromatic N) is 1. The Balaban J connectivity index is 2.07. The molecule has 0 saturated heterocycles. The number of hydrogen-bond donors (Lipinski definition) is 0. The molecule has 0 fully saturated rings. The lowest BCUT2D eigenvalue weighted by molar-refractivity contribution is -0.304. The molecule has 6 nitrogen and oxygen atoms in total. The monoisotopic (exact) mass is 507 g/mol. The van der Waals surface area contributed by atoms with Gasteiger partial charge in [0, 0.05) is 25.2 Å². The van der Waals surface area contributed by atoms with Crippen molar-refractivity contribution in [1.82, 2.24) is 4.90 Å². The summed E-state index contributed by atoms with van der Waals surface area (Å²) in [5, 5.41) is 0. The van der Waals surface area contributed by atoms with Crippen LogP contribution < -0.4 is 18.9 Å². The van der Waals surface area contributed by atoms with Gasteiger partial charge in [-0.2, -0.15) is 22.0 Å². The van der Waals surface area contributed by atoms with Crippen LogP contribution in [0.3, 0.4) is 0 Å². The quantitative estimate of drug-likeness (QED) is 0.325. The lowest BCUT2D eigenvalue weighted by Gasteiger charge is -2.23. The smallest absolute Gasteiger partial charge is 0.439 e. The molecule has 1 atom stereocenters. The SMILES string of the molecule is COc1ccc(CN(C)C(=O)C=Cc2ccc(OC(F)(F)C(F)C(F)(F)F)cc2)c(OC)c1OC. The fraction of sp³-hybridized carbons (Fsp3) is 0.348. The number of carbonyl (C=O) groups excluding carboxylic acids is 1. The number of methoxy groups -OCH3 is 3. The van der Waals surface area contributed by atoms with Gasteiger partial charge < -0.3 is 23.8 Å². The van der Waals surface area contributed by atoms with Gasteiger partial charge in [0.2, 0.25) is 11.7 Å². The van der Waals surface area contributed by atoms with Crippen LogP contribution in [0.4, 0.5) is 26.3 Å². The lowest BCUT2D eigenvalue weighted by atomic mass is 10.1. The topological polar surface area (TPSA) is 57.2 Å². The average molecular weight is 507 g/mol. The van der Waals surface area contributed by atoms with Crippen molar-refractivity contribution in [2.24, 2.45) is 0 Å². The van der Waals surface area contributed by atoms with Crippen LogP contribution in [0.5, 0.6) is 23.0 Å². The number of ether oxygens (including phenoxy) is 4. The van der Waals surface area contributed by atoms with Crippen molar-refractivity contribution in [3.8, 4) is 23.0 Å². The Morgan fingerprint density at radius 3 is 2.06 bits per heavy atom. The molecule has 0 bridgehead atoms. The first kappa shape index (κ1) is 27.7. The van der Waals surface area contributed by atoms with Crippen molar-refractivity contribution >= 4 is 12.0 Å². The Kier molecular flexibility index (Phi) is 8.88. The van der Waals surface area contributed by atoms with Crippen molar-refractivity contribution in [3.05, 3.63) is 53.6 Å². The van der Waals surface area contributed by atoms with Gasteiger partial charge in [-0.1, -0.05) is 12.1 Å². The molecule has 0 heterocycles. The third kappa shape index (κ3) is 6.96. The van der Waals surface area contributed by atoms with Gasteiger partial charge in [0.25, 0.3) is 6.17 Å². The molecule has 0 radical (unpaired) electrons. The Morgan fingerprint density at radius 2 is 1.54 bits per heavy atom. The molecule has 0 spiro atoms. The first-order chi connectivity index (χ1) is 16.3. The third-order valence-corrected chi connectivity index (χ3v) is 4.70. The van der Waals surface area contributed by atoms with Crippen LogP contribution in [0.25, 0.3) is 6.08 Å². The zero-order valence-electron chi connectivity index (χ0n) is 19.2. The van der Waals surface area contributed by atoms with Crippen LogP contribution in [0, 0.1) is 0 Å². The zero-order chi connectivity index (χ0) is 26.4. The van der Waals surface area contributed by atoms with E-state index in [1.54, 1.807) is 12.1 Å². The minimum Gasteiger partial charge on any atom is -0.493 e. The van der Waals surface area contributed by atoms with Crippen LogP contribution in [0.1, 0.15) is 11.1 Å². The van der Waals surface area contributed by atoms with E-state index in [2.05, 4.69) is 4.74 Å². The lowest BCUT2D eigenvalue weighted by Crippen LogP contribution is -2.45. The van der Waals surface area contributed by atoms with E-state index >= 15 is 0 Å².